The maximum absolute atomic E-state index is 12.1. The van der Waals surface area contributed by atoms with Crippen LogP contribution in [0.1, 0.15) is 5.69 Å². The molecule has 0 saturated carbocycles. The molecule has 0 aromatic carbocycles. The van der Waals surface area contributed by atoms with Gasteiger partial charge in [-0.2, -0.15) is 13.2 Å². The highest BCUT2D eigenvalue weighted by molar-refractivity contribution is 9.10. The third kappa shape index (κ3) is 3.63. The van der Waals surface area contributed by atoms with Gasteiger partial charge in [-0.1, -0.05) is 15.9 Å². The zero-order chi connectivity index (χ0) is 12.4. The van der Waals surface area contributed by atoms with Crippen LogP contribution in [0.2, 0.25) is 0 Å². The van der Waals surface area contributed by atoms with Crippen LogP contribution in [0.5, 0.6) is 0 Å². The summed E-state index contributed by atoms with van der Waals surface area (Å²) < 4.78 is 60.1. The summed E-state index contributed by atoms with van der Waals surface area (Å²) in [6.07, 6.45) is -3.73. The van der Waals surface area contributed by atoms with Gasteiger partial charge in [0.1, 0.15) is 10.4 Å². The molecule has 0 atom stereocenters. The molecule has 0 unspecified atom stereocenters. The van der Waals surface area contributed by atoms with Crippen molar-refractivity contribution < 1.29 is 21.6 Å². The van der Waals surface area contributed by atoms with Crippen molar-refractivity contribution in [3.05, 3.63) is 24.0 Å². The molecule has 1 heterocycles. The number of pyridine rings is 1. The minimum absolute atomic E-state index is 0.0209. The van der Waals surface area contributed by atoms with E-state index in [0.717, 1.165) is 12.3 Å². The van der Waals surface area contributed by atoms with E-state index in [1.165, 1.54) is 0 Å². The van der Waals surface area contributed by atoms with Crippen LogP contribution in [0.3, 0.4) is 0 Å². The third-order valence-electron chi connectivity index (χ3n) is 1.47. The molecule has 0 saturated heterocycles. The summed E-state index contributed by atoms with van der Waals surface area (Å²) in [7, 11) is -3.58. The summed E-state index contributed by atoms with van der Waals surface area (Å²) in [5.41, 5.74) is -1.10. The fraction of sp³-hybridized carbons (Fsp3) is 0.286. The Hall–Kier alpha value is -0.830. The van der Waals surface area contributed by atoms with Gasteiger partial charge < -0.3 is 0 Å². The standard InChI is InChI=1S/C7H6BrF3N2O2S/c8-4-16(14,15)13-5-1-2-6(12-3-5)7(9,10)11/h1-3,13H,4H2. The van der Waals surface area contributed by atoms with E-state index in [-0.39, 0.29) is 10.3 Å². The van der Waals surface area contributed by atoms with E-state index in [9.17, 15) is 21.6 Å². The summed E-state index contributed by atoms with van der Waals surface area (Å²) in [6.45, 7) is 0. The maximum atomic E-state index is 12.1. The molecule has 0 aliphatic rings. The number of aromatic nitrogens is 1. The number of halogens is 4. The highest BCUT2D eigenvalue weighted by Gasteiger charge is 2.32. The summed E-state index contributed by atoms with van der Waals surface area (Å²) in [5, 5.41) is 0. The molecule has 1 N–H and O–H groups in total. The molecule has 0 bridgehead atoms. The number of hydrogen-bond acceptors (Lipinski definition) is 3. The lowest BCUT2D eigenvalue weighted by Gasteiger charge is -2.07. The van der Waals surface area contributed by atoms with E-state index in [0.29, 0.717) is 6.07 Å². The molecule has 0 fully saturated rings. The van der Waals surface area contributed by atoms with Crippen LogP contribution in [0.25, 0.3) is 0 Å². The summed E-state index contributed by atoms with van der Waals surface area (Å²) >= 11 is 2.72. The van der Waals surface area contributed by atoms with Gasteiger partial charge in [-0.05, 0) is 12.1 Å². The van der Waals surface area contributed by atoms with Crippen molar-refractivity contribution in [2.45, 2.75) is 6.18 Å². The minimum atomic E-state index is -4.53. The Bertz CT molecular complexity index is 458. The Kier molecular flexibility index (Phi) is 3.79. The average Bonchev–Trinajstić information content (AvgIpc) is 2.16. The number of nitrogens with zero attached hydrogens (tertiary/aromatic N) is 1. The highest BCUT2D eigenvalue weighted by atomic mass is 79.9. The maximum Gasteiger partial charge on any atom is 0.433 e. The molecule has 0 spiro atoms. The largest absolute Gasteiger partial charge is 0.433 e. The Balaban J connectivity index is 2.89. The summed E-state index contributed by atoms with van der Waals surface area (Å²) in [5.74, 6) is 0. The fourth-order valence-corrected chi connectivity index (χ4v) is 1.71. The van der Waals surface area contributed by atoms with E-state index >= 15 is 0 Å². The number of anilines is 1. The summed E-state index contributed by atoms with van der Waals surface area (Å²) in [4.78, 5) is 3.10. The number of alkyl halides is 4. The lowest BCUT2D eigenvalue weighted by Crippen LogP contribution is -2.14. The van der Waals surface area contributed by atoms with Crippen molar-refractivity contribution in [1.82, 2.24) is 4.98 Å². The molecule has 9 heteroatoms. The summed E-state index contributed by atoms with van der Waals surface area (Å²) in [6, 6.07) is 1.70. The second kappa shape index (κ2) is 4.58. The monoisotopic (exact) mass is 318 g/mol. The molecule has 1 aromatic heterocycles. The molecule has 0 radical (unpaired) electrons. The Labute approximate surface area is 98.1 Å². The SMILES string of the molecule is O=S(=O)(CBr)Nc1ccc(C(F)(F)F)nc1. The zero-order valence-electron chi connectivity index (χ0n) is 7.62. The number of hydrogen-bond donors (Lipinski definition) is 1. The van der Waals surface area contributed by atoms with Crippen LogP contribution in [0, 0.1) is 0 Å². The molecule has 16 heavy (non-hydrogen) atoms. The van der Waals surface area contributed by atoms with E-state index < -0.39 is 21.9 Å². The molecule has 0 amide bonds. The molecule has 0 aliphatic heterocycles. The number of sulfonamides is 1. The number of nitrogens with one attached hydrogen (secondary N) is 1. The van der Waals surface area contributed by atoms with Crippen LogP contribution >= 0.6 is 15.9 Å². The van der Waals surface area contributed by atoms with Crippen LogP contribution in [0.15, 0.2) is 18.3 Å². The Morgan fingerprint density at radius 3 is 2.38 bits per heavy atom. The van der Waals surface area contributed by atoms with Crippen molar-refractivity contribution in [1.29, 1.82) is 0 Å². The first-order valence-electron chi connectivity index (χ1n) is 3.84. The Morgan fingerprint density at radius 2 is 2.00 bits per heavy atom. The molecule has 1 rings (SSSR count). The molecule has 90 valence electrons. The van der Waals surface area contributed by atoms with Crippen LogP contribution in [-0.2, 0) is 16.2 Å². The molecule has 1 aromatic rings. The van der Waals surface area contributed by atoms with Crippen molar-refractivity contribution in [3.63, 3.8) is 0 Å². The first kappa shape index (κ1) is 13.2. The van der Waals surface area contributed by atoms with Gasteiger partial charge in [0, 0.05) is 0 Å². The van der Waals surface area contributed by atoms with Gasteiger partial charge in [0.05, 0.1) is 11.9 Å². The van der Waals surface area contributed by atoms with Crippen molar-refractivity contribution in [3.8, 4) is 0 Å². The first-order valence-corrected chi connectivity index (χ1v) is 6.62. The van der Waals surface area contributed by atoms with Gasteiger partial charge in [-0.3, -0.25) is 4.72 Å². The second-order valence-corrected chi connectivity index (χ2v) is 5.78. The first-order chi connectivity index (χ1) is 7.24. The van der Waals surface area contributed by atoms with Gasteiger partial charge >= 0.3 is 6.18 Å². The van der Waals surface area contributed by atoms with Gasteiger partial charge in [0.15, 0.2) is 0 Å². The minimum Gasteiger partial charge on any atom is -0.281 e. The Morgan fingerprint density at radius 1 is 1.38 bits per heavy atom. The van der Waals surface area contributed by atoms with Gasteiger partial charge in [0.25, 0.3) is 0 Å². The molecular weight excluding hydrogens is 313 g/mol. The normalized spacial score (nSPS) is 12.5. The molecular formula is C7H6BrF3N2O2S. The average molecular weight is 319 g/mol. The van der Waals surface area contributed by atoms with Gasteiger partial charge in [-0.25, -0.2) is 13.4 Å². The van der Waals surface area contributed by atoms with Crippen LogP contribution in [-0.4, -0.2) is 18.1 Å². The predicted octanol–water partition coefficient (Wildman–Crippen LogP) is 2.19. The van der Waals surface area contributed by atoms with Gasteiger partial charge in [0.2, 0.25) is 10.0 Å². The van der Waals surface area contributed by atoms with Crippen molar-refractivity contribution in [2.75, 3.05) is 9.38 Å². The topological polar surface area (TPSA) is 59.1 Å². The highest BCUT2D eigenvalue weighted by Crippen LogP contribution is 2.27. The molecule has 4 nitrogen and oxygen atoms in total. The van der Waals surface area contributed by atoms with Crippen molar-refractivity contribution in [2.24, 2.45) is 0 Å². The zero-order valence-corrected chi connectivity index (χ0v) is 10.0. The van der Waals surface area contributed by atoms with Crippen LogP contribution in [0.4, 0.5) is 18.9 Å². The van der Waals surface area contributed by atoms with E-state index in [4.69, 9.17) is 0 Å². The molecule has 0 aliphatic carbocycles. The van der Waals surface area contributed by atoms with E-state index in [1.54, 1.807) is 0 Å². The second-order valence-electron chi connectivity index (χ2n) is 2.76. The number of rotatable bonds is 3. The lowest BCUT2D eigenvalue weighted by molar-refractivity contribution is -0.141. The predicted molar refractivity (Wildman–Crippen MR) is 55.6 cm³/mol. The quantitative estimate of drug-likeness (QED) is 0.869. The van der Waals surface area contributed by atoms with E-state index in [2.05, 4.69) is 20.9 Å². The fourth-order valence-electron chi connectivity index (χ4n) is 0.829. The smallest absolute Gasteiger partial charge is 0.281 e. The third-order valence-corrected chi connectivity index (χ3v) is 4.11. The van der Waals surface area contributed by atoms with Crippen LogP contribution < -0.4 is 4.72 Å². The van der Waals surface area contributed by atoms with E-state index in [1.807, 2.05) is 4.72 Å². The lowest BCUT2D eigenvalue weighted by atomic mass is 10.3. The van der Waals surface area contributed by atoms with Gasteiger partial charge in [-0.15, -0.1) is 0 Å². The van der Waals surface area contributed by atoms with Crippen molar-refractivity contribution >= 4 is 31.6 Å².